The third-order valence-electron chi connectivity index (χ3n) is 2.80. The first-order valence-corrected chi connectivity index (χ1v) is 9.10. The van der Waals surface area contributed by atoms with Gasteiger partial charge in [-0.1, -0.05) is 25.1 Å². The molecule has 0 amide bonds. The molecule has 0 heterocycles. The Bertz CT molecular complexity index is 701. The number of rotatable bonds is 6. The second-order valence-electron chi connectivity index (χ2n) is 4.52. The quantitative estimate of drug-likeness (QED) is 0.630. The third-order valence-corrected chi connectivity index (χ3v) is 5.38. The van der Waals surface area contributed by atoms with Crippen molar-refractivity contribution >= 4 is 33.2 Å². The van der Waals surface area contributed by atoms with Gasteiger partial charge >= 0.3 is 0 Å². The molecular formula is C15H18N2O2S2. The van der Waals surface area contributed by atoms with Gasteiger partial charge in [-0.05, 0) is 42.5 Å². The van der Waals surface area contributed by atoms with Crippen molar-refractivity contribution in [2.75, 3.05) is 16.2 Å². The van der Waals surface area contributed by atoms with E-state index >= 15 is 0 Å². The summed E-state index contributed by atoms with van der Waals surface area (Å²) in [5.41, 5.74) is 6.70. The summed E-state index contributed by atoms with van der Waals surface area (Å²) in [7, 11) is -3.61. The summed E-state index contributed by atoms with van der Waals surface area (Å²) in [6.07, 6.45) is 1.06. The van der Waals surface area contributed by atoms with Gasteiger partial charge in [0, 0.05) is 4.90 Å². The molecule has 0 saturated heterocycles. The van der Waals surface area contributed by atoms with Crippen LogP contribution in [0.4, 0.5) is 11.4 Å². The van der Waals surface area contributed by atoms with Crippen LogP contribution < -0.4 is 10.5 Å². The summed E-state index contributed by atoms with van der Waals surface area (Å²) in [4.78, 5) is 1.22. The largest absolute Gasteiger partial charge is 0.397 e. The fourth-order valence-electron chi connectivity index (χ4n) is 1.74. The maximum Gasteiger partial charge on any atom is 0.261 e. The normalized spacial score (nSPS) is 11.3. The Kier molecular flexibility index (Phi) is 5.14. The maximum absolute atomic E-state index is 12.3. The van der Waals surface area contributed by atoms with Gasteiger partial charge in [-0.2, -0.15) is 0 Å². The summed E-state index contributed by atoms with van der Waals surface area (Å²) >= 11 is 1.67. The molecule has 0 aliphatic rings. The highest BCUT2D eigenvalue weighted by atomic mass is 32.2. The second-order valence-corrected chi connectivity index (χ2v) is 7.37. The monoisotopic (exact) mass is 322 g/mol. The van der Waals surface area contributed by atoms with E-state index in [1.165, 1.54) is 0 Å². The predicted octanol–water partition coefficient (Wildman–Crippen LogP) is 3.57. The summed E-state index contributed by atoms with van der Waals surface area (Å²) in [6, 6.07) is 13.6. The minimum absolute atomic E-state index is 0.219. The van der Waals surface area contributed by atoms with Gasteiger partial charge in [-0.3, -0.25) is 4.72 Å². The van der Waals surface area contributed by atoms with Crippen molar-refractivity contribution < 1.29 is 8.42 Å². The Balaban J connectivity index is 2.26. The molecule has 4 nitrogen and oxygen atoms in total. The second kappa shape index (κ2) is 6.87. The lowest BCUT2D eigenvalue weighted by atomic mass is 10.3. The summed E-state index contributed by atoms with van der Waals surface area (Å²) in [6.45, 7) is 2.10. The Labute approximate surface area is 129 Å². The molecule has 2 aromatic rings. The topological polar surface area (TPSA) is 72.2 Å². The number of thioether (sulfide) groups is 1. The van der Waals surface area contributed by atoms with Crippen molar-refractivity contribution in [3.05, 3.63) is 48.5 Å². The van der Waals surface area contributed by atoms with Crippen molar-refractivity contribution in [1.29, 1.82) is 0 Å². The van der Waals surface area contributed by atoms with E-state index < -0.39 is 10.0 Å². The fraction of sp³-hybridized carbons (Fsp3) is 0.200. The van der Waals surface area contributed by atoms with Crippen LogP contribution in [-0.4, -0.2) is 14.2 Å². The zero-order valence-corrected chi connectivity index (χ0v) is 13.4. The van der Waals surface area contributed by atoms with Crippen LogP contribution in [0.25, 0.3) is 0 Å². The van der Waals surface area contributed by atoms with E-state index in [0.29, 0.717) is 11.4 Å². The van der Waals surface area contributed by atoms with Gasteiger partial charge < -0.3 is 5.73 Å². The van der Waals surface area contributed by atoms with Crippen LogP contribution in [0, 0.1) is 0 Å². The van der Waals surface area contributed by atoms with Gasteiger partial charge in [0.2, 0.25) is 0 Å². The van der Waals surface area contributed by atoms with E-state index in [1.807, 2.05) is 6.07 Å². The van der Waals surface area contributed by atoms with Crippen LogP contribution >= 0.6 is 11.8 Å². The predicted molar refractivity (Wildman–Crippen MR) is 89.1 cm³/mol. The van der Waals surface area contributed by atoms with Crippen LogP contribution in [-0.2, 0) is 10.0 Å². The molecule has 3 N–H and O–H groups in total. The van der Waals surface area contributed by atoms with Gasteiger partial charge in [0.15, 0.2) is 0 Å². The number of hydrogen-bond donors (Lipinski definition) is 2. The Morgan fingerprint density at radius 3 is 2.52 bits per heavy atom. The molecule has 0 unspecified atom stereocenters. The van der Waals surface area contributed by atoms with Gasteiger partial charge in [0.05, 0.1) is 16.3 Å². The molecule has 0 aromatic heterocycles. The lowest BCUT2D eigenvalue weighted by Crippen LogP contribution is -2.14. The number of sulfonamides is 1. The van der Waals surface area contributed by atoms with Crippen molar-refractivity contribution in [3.63, 3.8) is 0 Å². The molecule has 0 bridgehead atoms. The van der Waals surface area contributed by atoms with Gasteiger partial charge in [0.25, 0.3) is 10.0 Å². The zero-order valence-electron chi connectivity index (χ0n) is 11.7. The SMILES string of the molecule is CCCSc1ccc(N)c(NS(=O)(=O)c2ccccc2)c1. The number of benzene rings is 2. The highest BCUT2D eigenvalue weighted by Crippen LogP contribution is 2.28. The molecule has 0 spiro atoms. The standard InChI is InChI=1S/C15H18N2O2S2/c1-2-10-20-12-8-9-14(16)15(11-12)17-21(18,19)13-6-4-3-5-7-13/h3-9,11,17H,2,10,16H2,1H3. The number of nitrogens with two attached hydrogens (primary N) is 1. The van der Waals surface area contributed by atoms with E-state index in [0.717, 1.165) is 17.1 Å². The van der Waals surface area contributed by atoms with Crippen molar-refractivity contribution in [3.8, 4) is 0 Å². The number of hydrogen-bond acceptors (Lipinski definition) is 4. The van der Waals surface area contributed by atoms with E-state index in [2.05, 4.69) is 11.6 Å². The van der Waals surface area contributed by atoms with Gasteiger partial charge in [-0.25, -0.2) is 8.42 Å². The molecule has 0 aliphatic carbocycles. The molecule has 0 fully saturated rings. The molecule has 21 heavy (non-hydrogen) atoms. The van der Waals surface area contributed by atoms with E-state index in [1.54, 1.807) is 54.2 Å². The Morgan fingerprint density at radius 2 is 1.86 bits per heavy atom. The molecule has 0 aliphatic heterocycles. The van der Waals surface area contributed by atoms with Crippen LogP contribution in [0.15, 0.2) is 58.3 Å². The highest BCUT2D eigenvalue weighted by molar-refractivity contribution is 7.99. The van der Waals surface area contributed by atoms with Crippen LogP contribution in [0.2, 0.25) is 0 Å². The average Bonchev–Trinajstić information content (AvgIpc) is 2.49. The summed E-state index contributed by atoms with van der Waals surface area (Å²) in [5, 5.41) is 0. The fourth-order valence-corrected chi connectivity index (χ4v) is 3.64. The summed E-state index contributed by atoms with van der Waals surface area (Å²) in [5.74, 6) is 0.981. The zero-order chi connectivity index (χ0) is 15.3. The molecule has 0 radical (unpaired) electrons. The molecule has 0 atom stereocenters. The first-order valence-electron chi connectivity index (χ1n) is 6.63. The summed E-state index contributed by atoms with van der Waals surface area (Å²) < 4.78 is 27.2. The van der Waals surface area contributed by atoms with Crippen molar-refractivity contribution in [2.24, 2.45) is 0 Å². The molecule has 2 rings (SSSR count). The van der Waals surface area contributed by atoms with Crippen molar-refractivity contribution in [1.82, 2.24) is 0 Å². The van der Waals surface area contributed by atoms with Crippen LogP contribution in [0.5, 0.6) is 0 Å². The lowest BCUT2D eigenvalue weighted by molar-refractivity contribution is 0.601. The minimum Gasteiger partial charge on any atom is -0.397 e. The minimum atomic E-state index is -3.61. The number of nitrogen functional groups attached to an aromatic ring is 1. The number of nitrogens with one attached hydrogen (secondary N) is 1. The Hall–Kier alpha value is -1.66. The smallest absolute Gasteiger partial charge is 0.261 e. The molecule has 112 valence electrons. The average molecular weight is 322 g/mol. The lowest BCUT2D eigenvalue weighted by Gasteiger charge is -2.12. The molecule has 2 aromatic carbocycles. The molecule has 0 saturated carbocycles. The van der Waals surface area contributed by atoms with E-state index in [4.69, 9.17) is 5.73 Å². The van der Waals surface area contributed by atoms with Gasteiger partial charge in [0.1, 0.15) is 0 Å². The van der Waals surface area contributed by atoms with E-state index in [9.17, 15) is 8.42 Å². The van der Waals surface area contributed by atoms with Crippen molar-refractivity contribution in [2.45, 2.75) is 23.1 Å². The Morgan fingerprint density at radius 1 is 1.14 bits per heavy atom. The van der Waals surface area contributed by atoms with E-state index in [-0.39, 0.29) is 4.90 Å². The van der Waals surface area contributed by atoms with Gasteiger partial charge in [-0.15, -0.1) is 11.8 Å². The van der Waals surface area contributed by atoms with Crippen LogP contribution in [0.3, 0.4) is 0 Å². The van der Waals surface area contributed by atoms with Crippen LogP contribution in [0.1, 0.15) is 13.3 Å². The molecular weight excluding hydrogens is 304 g/mol. The first kappa shape index (κ1) is 15.7. The molecule has 6 heteroatoms. The number of anilines is 2. The third kappa shape index (κ3) is 4.15. The highest BCUT2D eigenvalue weighted by Gasteiger charge is 2.15. The maximum atomic E-state index is 12.3. The first-order chi connectivity index (χ1) is 10.0.